The van der Waals surface area contributed by atoms with Crippen LogP contribution in [0, 0.1) is 11.6 Å². The number of piperazine rings is 1. The number of hydrogen-bond acceptors (Lipinski definition) is 7. The molecule has 1 atom stereocenters. The van der Waals surface area contributed by atoms with Gasteiger partial charge in [0.15, 0.2) is 11.6 Å². The van der Waals surface area contributed by atoms with Crippen molar-refractivity contribution in [2.24, 2.45) is 0 Å². The molecular weight excluding hydrogens is 522 g/mol. The van der Waals surface area contributed by atoms with Crippen molar-refractivity contribution in [1.82, 2.24) is 14.9 Å². The van der Waals surface area contributed by atoms with Crippen LogP contribution in [0.3, 0.4) is 0 Å². The van der Waals surface area contributed by atoms with Crippen LogP contribution in [0.15, 0.2) is 48.5 Å². The first-order valence-corrected chi connectivity index (χ1v) is 13.8. The molecule has 0 saturated carbocycles. The highest BCUT2D eigenvalue weighted by Crippen LogP contribution is 2.35. The van der Waals surface area contributed by atoms with Gasteiger partial charge in [0.1, 0.15) is 17.3 Å². The lowest BCUT2D eigenvalue weighted by atomic mass is 9.95. The minimum atomic E-state index is -0.291. The van der Waals surface area contributed by atoms with Gasteiger partial charge >= 0.3 is 0 Å². The summed E-state index contributed by atoms with van der Waals surface area (Å²) in [5, 5.41) is 3.08. The molecule has 39 heavy (non-hydrogen) atoms. The van der Waals surface area contributed by atoms with Crippen molar-refractivity contribution in [3.8, 4) is 0 Å². The van der Waals surface area contributed by atoms with E-state index in [1.807, 2.05) is 13.8 Å². The van der Waals surface area contributed by atoms with E-state index in [2.05, 4.69) is 32.0 Å². The van der Waals surface area contributed by atoms with Crippen molar-refractivity contribution in [2.75, 3.05) is 55.8 Å². The van der Waals surface area contributed by atoms with Crippen molar-refractivity contribution in [3.63, 3.8) is 0 Å². The van der Waals surface area contributed by atoms with Gasteiger partial charge in [0.05, 0.1) is 6.04 Å². The molecule has 10 heteroatoms. The lowest BCUT2D eigenvalue weighted by molar-refractivity contribution is 0.187. The number of nitrogen functional groups attached to an aromatic ring is 1. The highest BCUT2D eigenvalue weighted by Gasteiger charge is 2.32. The van der Waals surface area contributed by atoms with Crippen molar-refractivity contribution in [3.05, 3.63) is 76.6 Å². The molecule has 2 aliphatic heterocycles. The molecule has 0 aliphatic carbocycles. The number of anilines is 3. The van der Waals surface area contributed by atoms with Gasteiger partial charge in [0.2, 0.25) is 5.28 Å². The molecule has 0 spiro atoms. The lowest BCUT2D eigenvalue weighted by Crippen LogP contribution is -2.53. The smallest absolute Gasteiger partial charge is 0.226 e. The highest BCUT2D eigenvalue weighted by molar-refractivity contribution is 6.28. The molecule has 1 unspecified atom stereocenters. The van der Waals surface area contributed by atoms with Crippen LogP contribution < -0.4 is 16.0 Å². The molecule has 2 saturated heterocycles. The molecule has 5 rings (SSSR count). The Kier molecular flexibility index (Phi) is 11.7. The Morgan fingerprint density at radius 2 is 1.49 bits per heavy atom. The third-order valence-electron chi connectivity index (χ3n) is 6.63. The van der Waals surface area contributed by atoms with Crippen LogP contribution in [-0.2, 0) is 4.74 Å². The maximum Gasteiger partial charge on any atom is 0.226 e. The van der Waals surface area contributed by atoms with Gasteiger partial charge in [-0.1, -0.05) is 38.1 Å². The Morgan fingerprint density at radius 3 is 1.92 bits per heavy atom. The summed E-state index contributed by atoms with van der Waals surface area (Å²) in [6.45, 7) is 10.1. The van der Waals surface area contributed by atoms with E-state index in [-0.39, 0.29) is 29.0 Å². The standard InChI is InChI=1S/C23H25ClF2N6.C4H8O.C2H6/c1-14-13-31(11-12-32(14)22-19(27)21(28-2)29-23(24)30-22)20(15-3-7-17(25)8-4-15)16-5-9-18(26)10-6-16;1-2-4-5-3-1;1-2/h3-10,14,20H,11-13,27H2,1-2H3,(H,28,29,30);1-4H2;1-2H3. The van der Waals surface area contributed by atoms with E-state index in [1.165, 1.54) is 37.1 Å². The number of halogens is 3. The fourth-order valence-electron chi connectivity index (χ4n) is 4.79. The van der Waals surface area contributed by atoms with E-state index in [0.717, 1.165) is 24.3 Å². The van der Waals surface area contributed by atoms with Gasteiger partial charge in [-0.3, -0.25) is 4.90 Å². The van der Waals surface area contributed by atoms with Gasteiger partial charge in [-0.05, 0) is 66.8 Å². The predicted molar refractivity (Wildman–Crippen MR) is 155 cm³/mol. The zero-order valence-electron chi connectivity index (χ0n) is 23.1. The van der Waals surface area contributed by atoms with Crippen molar-refractivity contribution < 1.29 is 13.5 Å². The van der Waals surface area contributed by atoms with E-state index >= 15 is 0 Å². The number of nitrogens with zero attached hydrogens (tertiary/aromatic N) is 4. The molecule has 2 aromatic carbocycles. The normalized spacial score (nSPS) is 17.2. The van der Waals surface area contributed by atoms with E-state index < -0.39 is 0 Å². The van der Waals surface area contributed by atoms with E-state index in [4.69, 9.17) is 22.1 Å². The summed E-state index contributed by atoms with van der Waals surface area (Å²) < 4.78 is 32.1. The zero-order chi connectivity index (χ0) is 28.4. The van der Waals surface area contributed by atoms with Gasteiger partial charge in [-0.15, -0.1) is 0 Å². The zero-order valence-corrected chi connectivity index (χ0v) is 23.9. The van der Waals surface area contributed by atoms with Crippen LogP contribution in [0.5, 0.6) is 0 Å². The number of nitrogens with two attached hydrogens (primary N) is 1. The maximum atomic E-state index is 13.6. The number of ether oxygens (including phenoxy) is 1. The van der Waals surface area contributed by atoms with Crippen molar-refractivity contribution in [1.29, 1.82) is 0 Å². The summed E-state index contributed by atoms with van der Waals surface area (Å²) in [4.78, 5) is 12.9. The number of benzene rings is 2. The Hall–Kier alpha value is -3.01. The molecule has 1 aromatic heterocycles. The first-order valence-electron chi connectivity index (χ1n) is 13.5. The first-order chi connectivity index (χ1) is 18.9. The van der Waals surface area contributed by atoms with Gasteiger partial charge in [-0.2, -0.15) is 9.97 Å². The number of hydrogen-bond donors (Lipinski definition) is 2. The Bertz CT molecular complexity index is 1110. The predicted octanol–water partition coefficient (Wildman–Crippen LogP) is 6.16. The van der Waals surface area contributed by atoms with Crippen molar-refractivity contribution in [2.45, 2.75) is 45.7 Å². The average molecular weight is 561 g/mol. The summed E-state index contributed by atoms with van der Waals surface area (Å²) in [5.41, 5.74) is 8.63. The van der Waals surface area contributed by atoms with E-state index in [9.17, 15) is 8.78 Å². The fraction of sp³-hybridized carbons (Fsp3) is 0.448. The monoisotopic (exact) mass is 560 g/mol. The Balaban J connectivity index is 0.000000530. The van der Waals surface area contributed by atoms with Gasteiger partial charge in [0, 0.05) is 45.9 Å². The molecule has 0 radical (unpaired) electrons. The highest BCUT2D eigenvalue weighted by atomic mass is 35.5. The molecule has 3 heterocycles. The SMILES string of the molecule is C1CCOC1.CC.CNc1nc(Cl)nc(N2CCN(C(c3ccc(F)cc3)c3ccc(F)cc3)CC2C)c1N. The minimum absolute atomic E-state index is 0.0603. The van der Waals surface area contributed by atoms with Crippen LogP contribution in [0.2, 0.25) is 5.28 Å². The first kappa shape index (κ1) is 30.5. The molecule has 0 amide bonds. The molecule has 212 valence electrons. The summed E-state index contributed by atoms with van der Waals surface area (Å²) in [6.07, 6.45) is 2.56. The number of rotatable bonds is 5. The minimum Gasteiger partial charge on any atom is -0.393 e. The summed E-state index contributed by atoms with van der Waals surface area (Å²) in [5.74, 6) is 0.509. The Labute approximate surface area is 235 Å². The van der Waals surface area contributed by atoms with Crippen molar-refractivity contribution >= 4 is 28.9 Å². The van der Waals surface area contributed by atoms with Crippen LogP contribution in [-0.4, -0.2) is 60.8 Å². The molecule has 2 fully saturated rings. The lowest BCUT2D eigenvalue weighted by Gasteiger charge is -2.44. The summed E-state index contributed by atoms with van der Waals surface area (Å²) in [7, 11) is 1.73. The van der Waals surface area contributed by atoms with Crippen LogP contribution >= 0.6 is 11.6 Å². The second-order valence-electron chi connectivity index (χ2n) is 9.19. The van der Waals surface area contributed by atoms with Crippen LogP contribution in [0.1, 0.15) is 50.8 Å². The molecule has 3 aromatic rings. The molecule has 3 N–H and O–H groups in total. The largest absolute Gasteiger partial charge is 0.393 e. The van der Waals surface area contributed by atoms with E-state index in [0.29, 0.717) is 37.0 Å². The third kappa shape index (κ3) is 8.00. The Morgan fingerprint density at radius 1 is 0.949 bits per heavy atom. The van der Waals surface area contributed by atoms with Gasteiger partial charge in [-0.25, -0.2) is 8.78 Å². The topological polar surface area (TPSA) is 79.5 Å². The molecular formula is C29H39ClF2N6O. The summed E-state index contributed by atoms with van der Waals surface area (Å²) in [6, 6.07) is 12.9. The van der Waals surface area contributed by atoms with Gasteiger partial charge in [0.25, 0.3) is 0 Å². The number of nitrogens with one attached hydrogen (secondary N) is 1. The fourth-order valence-corrected chi connectivity index (χ4v) is 4.95. The third-order valence-corrected chi connectivity index (χ3v) is 6.80. The quantitative estimate of drug-likeness (QED) is 0.362. The van der Waals surface area contributed by atoms with Crippen LogP contribution in [0.4, 0.5) is 26.1 Å². The van der Waals surface area contributed by atoms with E-state index in [1.54, 1.807) is 31.3 Å². The van der Waals surface area contributed by atoms with Crippen LogP contribution in [0.25, 0.3) is 0 Å². The average Bonchev–Trinajstić information content (AvgIpc) is 3.54. The maximum absolute atomic E-state index is 13.6. The number of aromatic nitrogens is 2. The second-order valence-corrected chi connectivity index (χ2v) is 9.53. The van der Waals surface area contributed by atoms with Gasteiger partial charge < -0.3 is 20.7 Å². The second kappa shape index (κ2) is 15.0. The molecule has 7 nitrogen and oxygen atoms in total. The molecule has 2 aliphatic rings. The summed E-state index contributed by atoms with van der Waals surface area (Å²) >= 11 is 6.12. The molecule has 0 bridgehead atoms.